The highest BCUT2D eigenvalue weighted by atomic mass is 16.5. The van der Waals surface area contributed by atoms with Crippen LogP contribution in [0.15, 0.2) is 0 Å². The van der Waals surface area contributed by atoms with E-state index in [2.05, 4.69) is 32.6 Å². The Balaban J connectivity index is 2.17. The second-order valence-electron chi connectivity index (χ2n) is 5.13. The highest BCUT2D eigenvalue weighted by Crippen LogP contribution is 2.20. The first-order chi connectivity index (χ1) is 6.58. The number of hydrogen-bond acceptors (Lipinski definition) is 2. The Labute approximate surface area is 88.6 Å². The third-order valence-corrected chi connectivity index (χ3v) is 2.80. The molecule has 14 heavy (non-hydrogen) atoms. The molecule has 2 nitrogen and oxygen atoms in total. The minimum absolute atomic E-state index is 0.370. The lowest BCUT2D eigenvalue weighted by atomic mass is 9.92. The minimum Gasteiger partial charge on any atom is -0.377 e. The number of nitrogens with zero attached hydrogens (tertiary/aromatic N) is 1. The van der Waals surface area contributed by atoms with Crippen molar-refractivity contribution < 1.29 is 4.74 Å². The molecule has 0 saturated carbocycles. The van der Waals surface area contributed by atoms with Crippen molar-refractivity contribution >= 4 is 0 Å². The molecule has 0 amide bonds. The van der Waals surface area contributed by atoms with Gasteiger partial charge in [0.25, 0.3) is 0 Å². The molecule has 2 atom stereocenters. The van der Waals surface area contributed by atoms with Crippen molar-refractivity contribution in [3.05, 3.63) is 0 Å². The normalized spacial score (nSPS) is 29.8. The molecular weight excluding hydrogens is 174 g/mol. The molecule has 0 aromatic heterocycles. The van der Waals surface area contributed by atoms with Crippen LogP contribution in [0, 0.1) is 11.8 Å². The predicted molar refractivity (Wildman–Crippen MR) is 60.5 cm³/mol. The Morgan fingerprint density at radius 3 is 2.29 bits per heavy atom. The summed E-state index contributed by atoms with van der Waals surface area (Å²) in [5.74, 6) is 1.72. The smallest absolute Gasteiger partial charge is 0.0596 e. The summed E-state index contributed by atoms with van der Waals surface area (Å²) >= 11 is 0. The maximum atomic E-state index is 5.57. The third-order valence-electron chi connectivity index (χ3n) is 2.80. The quantitative estimate of drug-likeness (QED) is 0.689. The Bertz CT molecular complexity index is 148. The Kier molecular flexibility index (Phi) is 4.90. The summed E-state index contributed by atoms with van der Waals surface area (Å²) in [4.78, 5) is 2.54. The van der Waals surface area contributed by atoms with Crippen molar-refractivity contribution in [2.45, 2.75) is 40.2 Å². The van der Waals surface area contributed by atoms with Gasteiger partial charge in [0.05, 0.1) is 12.7 Å². The number of hydrogen-bond donors (Lipinski definition) is 0. The molecule has 0 aliphatic carbocycles. The molecular formula is C12H25NO. The molecule has 1 aliphatic heterocycles. The molecule has 0 aromatic carbocycles. The van der Waals surface area contributed by atoms with Crippen LogP contribution in [0.4, 0.5) is 0 Å². The van der Waals surface area contributed by atoms with Crippen molar-refractivity contribution in [1.82, 2.24) is 4.90 Å². The van der Waals surface area contributed by atoms with E-state index in [-0.39, 0.29) is 0 Å². The molecule has 2 heteroatoms. The van der Waals surface area contributed by atoms with E-state index < -0.39 is 0 Å². The summed E-state index contributed by atoms with van der Waals surface area (Å²) in [6.07, 6.45) is 1.76. The molecule has 0 aromatic rings. The molecule has 1 fully saturated rings. The van der Waals surface area contributed by atoms with Gasteiger partial charge in [-0.3, -0.25) is 0 Å². The molecule has 0 spiro atoms. The lowest BCUT2D eigenvalue weighted by Gasteiger charge is -2.34. The van der Waals surface area contributed by atoms with Gasteiger partial charge in [-0.25, -0.2) is 0 Å². The summed E-state index contributed by atoms with van der Waals surface area (Å²) < 4.78 is 5.57. The van der Waals surface area contributed by atoms with E-state index >= 15 is 0 Å². The van der Waals surface area contributed by atoms with Crippen LogP contribution in [0.3, 0.4) is 0 Å². The van der Waals surface area contributed by atoms with Gasteiger partial charge < -0.3 is 9.64 Å². The zero-order valence-corrected chi connectivity index (χ0v) is 10.1. The topological polar surface area (TPSA) is 12.5 Å². The fraction of sp³-hybridized carbons (Fsp3) is 1.00. The molecule has 1 heterocycles. The van der Waals surface area contributed by atoms with E-state index in [1.54, 1.807) is 0 Å². The van der Waals surface area contributed by atoms with E-state index in [0.29, 0.717) is 6.10 Å². The highest BCUT2D eigenvalue weighted by molar-refractivity contribution is 4.74. The summed E-state index contributed by atoms with van der Waals surface area (Å²) in [6, 6.07) is 0. The number of likely N-dealkylation sites (tertiary alicyclic amines) is 1. The van der Waals surface area contributed by atoms with Crippen LogP contribution < -0.4 is 0 Å². The maximum Gasteiger partial charge on any atom is 0.0596 e. The van der Waals surface area contributed by atoms with Gasteiger partial charge in [0.1, 0.15) is 0 Å². The van der Waals surface area contributed by atoms with E-state index in [1.165, 1.54) is 19.5 Å². The van der Waals surface area contributed by atoms with Gasteiger partial charge in [-0.15, -0.1) is 0 Å². The first-order valence-electron chi connectivity index (χ1n) is 5.92. The summed E-state index contributed by atoms with van der Waals surface area (Å²) in [5.41, 5.74) is 0. The van der Waals surface area contributed by atoms with Gasteiger partial charge in [-0.05, 0) is 32.1 Å². The van der Waals surface area contributed by atoms with Crippen LogP contribution in [0.25, 0.3) is 0 Å². The summed E-state index contributed by atoms with van der Waals surface area (Å²) in [7, 11) is 0. The number of ether oxygens (including phenoxy) is 1. The molecule has 1 aliphatic rings. The van der Waals surface area contributed by atoms with Crippen LogP contribution in [-0.4, -0.2) is 37.2 Å². The Morgan fingerprint density at radius 2 is 1.79 bits per heavy atom. The van der Waals surface area contributed by atoms with Crippen molar-refractivity contribution in [1.29, 1.82) is 0 Å². The SMILES string of the molecule is CC1CC(C)CN(CCOC(C)C)C1. The standard InChI is InChI=1S/C12H25NO/c1-10(2)14-6-5-13-8-11(3)7-12(4)9-13/h10-12H,5-9H2,1-4H3. The van der Waals surface area contributed by atoms with Gasteiger partial charge in [0, 0.05) is 19.6 Å². The minimum atomic E-state index is 0.370. The van der Waals surface area contributed by atoms with E-state index in [9.17, 15) is 0 Å². The van der Waals surface area contributed by atoms with Gasteiger partial charge in [-0.1, -0.05) is 13.8 Å². The molecule has 0 bridgehead atoms. The number of piperidine rings is 1. The van der Waals surface area contributed by atoms with Gasteiger partial charge in [0.2, 0.25) is 0 Å². The van der Waals surface area contributed by atoms with Crippen molar-refractivity contribution in [3.8, 4) is 0 Å². The molecule has 0 radical (unpaired) electrons. The van der Waals surface area contributed by atoms with Crippen LogP contribution >= 0.6 is 0 Å². The van der Waals surface area contributed by atoms with E-state index in [4.69, 9.17) is 4.74 Å². The summed E-state index contributed by atoms with van der Waals surface area (Å²) in [6.45, 7) is 13.4. The lowest BCUT2D eigenvalue weighted by molar-refractivity contribution is 0.0425. The van der Waals surface area contributed by atoms with E-state index in [1.807, 2.05) is 0 Å². The fourth-order valence-corrected chi connectivity index (χ4v) is 2.39. The fourth-order valence-electron chi connectivity index (χ4n) is 2.39. The largest absolute Gasteiger partial charge is 0.377 e. The predicted octanol–water partition coefficient (Wildman–Crippen LogP) is 2.39. The van der Waals surface area contributed by atoms with Gasteiger partial charge in [-0.2, -0.15) is 0 Å². The molecule has 2 unspecified atom stereocenters. The van der Waals surface area contributed by atoms with Crippen molar-refractivity contribution in [2.24, 2.45) is 11.8 Å². The average molecular weight is 199 g/mol. The Morgan fingerprint density at radius 1 is 1.21 bits per heavy atom. The average Bonchev–Trinajstić information content (AvgIpc) is 2.01. The highest BCUT2D eigenvalue weighted by Gasteiger charge is 2.21. The zero-order chi connectivity index (χ0) is 10.6. The van der Waals surface area contributed by atoms with Crippen LogP contribution in [-0.2, 0) is 4.74 Å². The maximum absolute atomic E-state index is 5.57. The van der Waals surface area contributed by atoms with Gasteiger partial charge >= 0.3 is 0 Å². The zero-order valence-electron chi connectivity index (χ0n) is 10.1. The number of rotatable bonds is 4. The van der Waals surface area contributed by atoms with Crippen LogP contribution in [0.1, 0.15) is 34.1 Å². The van der Waals surface area contributed by atoms with Crippen molar-refractivity contribution in [3.63, 3.8) is 0 Å². The monoisotopic (exact) mass is 199 g/mol. The summed E-state index contributed by atoms with van der Waals surface area (Å²) in [5, 5.41) is 0. The molecule has 0 N–H and O–H groups in total. The van der Waals surface area contributed by atoms with Crippen LogP contribution in [0.2, 0.25) is 0 Å². The first kappa shape index (κ1) is 12.0. The van der Waals surface area contributed by atoms with Crippen LogP contribution in [0.5, 0.6) is 0 Å². The van der Waals surface area contributed by atoms with Crippen molar-refractivity contribution in [2.75, 3.05) is 26.2 Å². The van der Waals surface area contributed by atoms with E-state index in [0.717, 1.165) is 25.0 Å². The molecule has 1 rings (SSSR count). The van der Waals surface area contributed by atoms with Gasteiger partial charge in [0.15, 0.2) is 0 Å². The second-order valence-corrected chi connectivity index (χ2v) is 5.13. The Hall–Kier alpha value is -0.0800. The first-order valence-corrected chi connectivity index (χ1v) is 5.92. The second kappa shape index (κ2) is 5.72. The molecule has 1 saturated heterocycles. The third kappa shape index (κ3) is 4.43. The lowest BCUT2D eigenvalue weighted by Crippen LogP contribution is -2.40. The molecule has 84 valence electrons.